The first-order chi connectivity index (χ1) is 14.7. The molecule has 0 amide bonds. The SMILES string of the molecule is CCOC(=O)c1ccc2c(c1)[C@@H]1C=CC[C@@H]1[C@H](c1ccc(OCC)c(OCC)c1)N2. The highest BCUT2D eigenvalue weighted by Gasteiger charge is 2.38. The smallest absolute Gasteiger partial charge is 0.338 e. The fourth-order valence-corrected chi connectivity index (χ4v) is 4.53. The van der Waals surface area contributed by atoms with Gasteiger partial charge in [0.25, 0.3) is 0 Å². The lowest BCUT2D eigenvalue weighted by Gasteiger charge is -2.38. The van der Waals surface area contributed by atoms with Gasteiger partial charge in [-0.3, -0.25) is 0 Å². The highest BCUT2D eigenvalue weighted by Crippen LogP contribution is 2.50. The Morgan fingerprint density at radius 2 is 1.80 bits per heavy atom. The number of benzene rings is 2. The van der Waals surface area contributed by atoms with E-state index in [1.165, 1.54) is 5.56 Å². The summed E-state index contributed by atoms with van der Waals surface area (Å²) in [6.45, 7) is 7.35. The average molecular weight is 408 g/mol. The Morgan fingerprint density at radius 1 is 1.00 bits per heavy atom. The van der Waals surface area contributed by atoms with Crippen LogP contribution in [-0.2, 0) is 4.74 Å². The van der Waals surface area contributed by atoms with E-state index in [2.05, 4.69) is 29.6 Å². The van der Waals surface area contributed by atoms with Crippen LogP contribution in [-0.4, -0.2) is 25.8 Å². The van der Waals surface area contributed by atoms with E-state index >= 15 is 0 Å². The van der Waals surface area contributed by atoms with Gasteiger partial charge in [-0.25, -0.2) is 4.79 Å². The van der Waals surface area contributed by atoms with Crippen molar-refractivity contribution in [3.8, 4) is 11.5 Å². The Labute approximate surface area is 178 Å². The van der Waals surface area contributed by atoms with Crippen molar-refractivity contribution in [2.24, 2.45) is 5.92 Å². The van der Waals surface area contributed by atoms with Crippen molar-refractivity contribution >= 4 is 11.7 Å². The number of fused-ring (bicyclic) bond motifs is 3. The normalized spacial score (nSPS) is 21.4. The summed E-state index contributed by atoms with van der Waals surface area (Å²) in [4.78, 5) is 12.2. The second-order valence-electron chi connectivity index (χ2n) is 7.57. The molecule has 2 aromatic carbocycles. The van der Waals surface area contributed by atoms with Gasteiger partial charge in [-0.05, 0) is 74.6 Å². The molecule has 30 heavy (non-hydrogen) atoms. The van der Waals surface area contributed by atoms with E-state index in [4.69, 9.17) is 14.2 Å². The van der Waals surface area contributed by atoms with Crippen molar-refractivity contribution in [1.82, 2.24) is 0 Å². The van der Waals surface area contributed by atoms with Crippen LogP contribution in [0, 0.1) is 5.92 Å². The number of hydrogen-bond donors (Lipinski definition) is 1. The second kappa shape index (κ2) is 8.82. The zero-order valence-electron chi connectivity index (χ0n) is 17.8. The molecule has 1 aliphatic carbocycles. The molecule has 1 heterocycles. The average Bonchev–Trinajstić information content (AvgIpc) is 3.25. The van der Waals surface area contributed by atoms with Crippen LogP contribution in [0.15, 0.2) is 48.6 Å². The van der Waals surface area contributed by atoms with Crippen molar-refractivity contribution in [3.05, 3.63) is 65.2 Å². The Kier molecular flexibility index (Phi) is 5.98. The van der Waals surface area contributed by atoms with Gasteiger partial charge >= 0.3 is 5.97 Å². The molecule has 0 saturated carbocycles. The molecule has 0 spiro atoms. The Balaban J connectivity index is 1.68. The van der Waals surface area contributed by atoms with Crippen LogP contribution in [0.5, 0.6) is 11.5 Å². The van der Waals surface area contributed by atoms with E-state index in [0.717, 1.165) is 29.2 Å². The molecule has 0 unspecified atom stereocenters. The predicted molar refractivity (Wildman–Crippen MR) is 118 cm³/mol. The summed E-state index contributed by atoms with van der Waals surface area (Å²) < 4.78 is 16.8. The molecule has 2 aromatic rings. The number of hydrogen-bond acceptors (Lipinski definition) is 5. The molecule has 0 aromatic heterocycles. The fourth-order valence-electron chi connectivity index (χ4n) is 4.53. The zero-order chi connectivity index (χ0) is 21.1. The molecular formula is C25H29NO4. The van der Waals surface area contributed by atoms with E-state index in [1.54, 1.807) is 0 Å². The maximum Gasteiger partial charge on any atom is 0.338 e. The lowest BCUT2D eigenvalue weighted by Crippen LogP contribution is -2.29. The van der Waals surface area contributed by atoms with Crippen molar-refractivity contribution in [2.45, 2.75) is 39.2 Å². The van der Waals surface area contributed by atoms with Crippen LogP contribution in [0.4, 0.5) is 5.69 Å². The monoisotopic (exact) mass is 407 g/mol. The number of esters is 1. The van der Waals surface area contributed by atoms with Crippen LogP contribution in [0.25, 0.3) is 0 Å². The molecule has 5 nitrogen and oxygen atoms in total. The van der Waals surface area contributed by atoms with Gasteiger partial charge in [-0.15, -0.1) is 0 Å². The lowest BCUT2D eigenvalue weighted by molar-refractivity contribution is 0.0526. The van der Waals surface area contributed by atoms with Crippen LogP contribution < -0.4 is 14.8 Å². The molecule has 3 atom stereocenters. The third kappa shape index (κ3) is 3.76. The molecule has 1 aliphatic heterocycles. The minimum absolute atomic E-state index is 0.154. The van der Waals surface area contributed by atoms with Gasteiger partial charge in [-0.1, -0.05) is 18.2 Å². The van der Waals surface area contributed by atoms with E-state index in [1.807, 2.05) is 45.0 Å². The maximum atomic E-state index is 12.2. The molecule has 0 radical (unpaired) electrons. The maximum absolute atomic E-state index is 12.2. The van der Waals surface area contributed by atoms with Gasteiger partial charge in [0.1, 0.15) is 0 Å². The number of anilines is 1. The summed E-state index contributed by atoms with van der Waals surface area (Å²) in [5.74, 6) is 1.93. The van der Waals surface area contributed by atoms with Crippen LogP contribution in [0.1, 0.15) is 60.6 Å². The van der Waals surface area contributed by atoms with Crippen molar-refractivity contribution in [3.63, 3.8) is 0 Å². The van der Waals surface area contributed by atoms with Crippen molar-refractivity contribution in [1.29, 1.82) is 0 Å². The van der Waals surface area contributed by atoms with Gasteiger partial charge in [0.2, 0.25) is 0 Å². The van der Waals surface area contributed by atoms with E-state index < -0.39 is 0 Å². The molecule has 158 valence electrons. The Hall–Kier alpha value is -2.95. The minimum Gasteiger partial charge on any atom is -0.490 e. The van der Waals surface area contributed by atoms with Gasteiger partial charge in [0.15, 0.2) is 11.5 Å². The van der Waals surface area contributed by atoms with Gasteiger partial charge in [0.05, 0.1) is 31.4 Å². The zero-order valence-corrected chi connectivity index (χ0v) is 17.8. The molecule has 0 saturated heterocycles. The number of nitrogens with one attached hydrogen (secondary N) is 1. The Morgan fingerprint density at radius 3 is 2.57 bits per heavy atom. The first-order valence-electron chi connectivity index (χ1n) is 10.8. The Bertz CT molecular complexity index is 952. The molecule has 4 rings (SSSR count). The largest absolute Gasteiger partial charge is 0.490 e. The third-order valence-electron chi connectivity index (χ3n) is 5.80. The third-order valence-corrected chi connectivity index (χ3v) is 5.80. The van der Waals surface area contributed by atoms with E-state index in [-0.39, 0.29) is 17.9 Å². The van der Waals surface area contributed by atoms with Crippen LogP contribution >= 0.6 is 0 Å². The highest BCUT2D eigenvalue weighted by atomic mass is 16.5. The van der Waals surface area contributed by atoms with Crippen LogP contribution in [0.2, 0.25) is 0 Å². The predicted octanol–water partition coefficient (Wildman–Crippen LogP) is 5.49. The molecule has 2 aliphatic rings. The summed E-state index contributed by atoms with van der Waals surface area (Å²) in [7, 11) is 0. The summed E-state index contributed by atoms with van der Waals surface area (Å²) in [5.41, 5.74) is 4.01. The molecule has 0 bridgehead atoms. The van der Waals surface area contributed by atoms with Crippen molar-refractivity contribution in [2.75, 3.05) is 25.1 Å². The number of carbonyl (C=O) groups excluding carboxylic acids is 1. The first kappa shape index (κ1) is 20.3. The quantitative estimate of drug-likeness (QED) is 0.486. The van der Waals surface area contributed by atoms with Crippen molar-refractivity contribution < 1.29 is 19.0 Å². The van der Waals surface area contributed by atoms with Gasteiger partial charge in [-0.2, -0.15) is 0 Å². The van der Waals surface area contributed by atoms with Gasteiger partial charge in [0, 0.05) is 11.6 Å². The number of allylic oxidation sites excluding steroid dienone is 2. The first-order valence-corrected chi connectivity index (χ1v) is 10.8. The molecule has 5 heteroatoms. The standard InChI is InChI=1S/C25H29NO4/c1-4-28-22-13-11-16(15-23(22)29-5-2)24-19-9-7-8-18(19)20-14-17(25(27)30-6-3)10-12-21(20)26-24/h7-8,10-15,18-19,24,26H,4-6,9H2,1-3H3/t18-,19+,24+/m1/s1. The fraction of sp³-hybridized carbons (Fsp3) is 0.400. The lowest BCUT2D eigenvalue weighted by atomic mass is 9.76. The molecule has 0 fully saturated rings. The highest BCUT2D eigenvalue weighted by molar-refractivity contribution is 5.90. The molecule has 1 N–H and O–H groups in total. The minimum atomic E-state index is -0.270. The van der Waals surface area contributed by atoms with E-state index in [9.17, 15) is 4.79 Å². The molecular weight excluding hydrogens is 378 g/mol. The summed E-state index contributed by atoms with van der Waals surface area (Å²) >= 11 is 0. The topological polar surface area (TPSA) is 56.8 Å². The van der Waals surface area contributed by atoms with Gasteiger partial charge < -0.3 is 19.5 Å². The summed E-state index contributed by atoms with van der Waals surface area (Å²) in [6.07, 6.45) is 5.50. The number of rotatable bonds is 7. The number of carbonyl (C=O) groups is 1. The van der Waals surface area contributed by atoms with Crippen LogP contribution in [0.3, 0.4) is 0 Å². The number of ether oxygens (including phenoxy) is 3. The second-order valence-corrected chi connectivity index (χ2v) is 7.57. The summed E-state index contributed by atoms with van der Waals surface area (Å²) in [5, 5.41) is 3.72. The summed E-state index contributed by atoms with van der Waals surface area (Å²) in [6, 6.07) is 12.2. The van der Waals surface area contributed by atoms with E-state index in [0.29, 0.717) is 31.3 Å².